The van der Waals surface area contributed by atoms with E-state index in [1.165, 1.54) is 7.11 Å². The lowest BCUT2D eigenvalue weighted by Gasteiger charge is -2.20. The quantitative estimate of drug-likeness (QED) is 0.660. The summed E-state index contributed by atoms with van der Waals surface area (Å²) in [5.41, 5.74) is -0.679. The topological polar surface area (TPSA) is 81.7 Å². The molecule has 0 saturated heterocycles. The second kappa shape index (κ2) is 7.06. The summed E-state index contributed by atoms with van der Waals surface area (Å²) in [4.78, 5) is 11.4. The Labute approximate surface area is 109 Å². The molecule has 0 radical (unpaired) electrons. The first-order valence-electron chi connectivity index (χ1n) is 5.68. The van der Waals surface area contributed by atoms with E-state index in [1.54, 1.807) is 27.8 Å². The summed E-state index contributed by atoms with van der Waals surface area (Å²) in [6.45, 7) is 5.35. The Balaban J connectivity index is 4.43. The number of methoxy groups -OCH3 is 1. The number of nitrogens with one attached hydrogen (secondary N) is 1. The second-order valence-electron chi connectivity index (χ2n) is 5.08. The zero-order valence-electron chi connectivity index (χ0n) is 11.6. The highest BCUT2D eigenvalue weighted by atomic mass is 32.2. The fourth-order valence-corrected chi connectivity index (χ4v) is 2.74. The molecule has 6 nitrogen and oxygen atoms in total. The highest BCUT2D eigenvalue weighted by molar-refractivity contribution is 7.92. The average molecular weight is 281 g/mol. The van der Waals surface area contributed by atoms with Crippen molar-refractivity contribution in [2.45, 2.75) is 32.4 Å². The van der Waals surface area contributed by atoms with Gasteiger partial charge in [0.1, 0.15) is 11.4 Å². The Kier molecular flexibility index (Phi) is 6.80. The molecule has 0 amide bonds. The molecule has 0 aliphatic rings. The van der Waals surface area contributed by atoms with Gasteiger partial charge in [0.05, 0.1) is 12.4 Å². The summed E-state index contributed by atoms with van der Waals surface area (Å²) in [5.74, 6) is -1.49. The second-order valence-corrected chi connectivity index (χ2v) is 7.19. The van der Waals surface area contributed by atoms with Crippen LogP contribution in [0.2, 0.25) is 0 Å². The van der Waals surface area contributed by atoms with E-state index in [2.05, 4.69) is 5.32 Å². The third-order valence-corrected chi connectivity index (χ3v) is 3.57. The number of carbonyl (C=O) groups excluding carboxylic acids is 1. The maximum atomic E-state index is 11.8. The van der Waals surface area contributed by atoms with E-state index in [1.807, 2.05) is 0 Å². The maximum absolute atomic E-state index is 11.8. The lowest BCUT2D eigenvalue weighted by Crippen LogP contribution is -2.39. The minimum Gasteiger partial charge on any atom is -0.459 e. The summed E-state index contributed by atoms with van der Waals surface area (Å²) < 4.78 is 33.4. The molecule has 0 aromatic heterocycles. The highest BCUT2D eigenvalue weighted by Crippen LogP contribution is 2.08. The summed E-state index contributed by atoms with van der Waals surface area (Å²) in [5, 5.41) is 2.82. The smallest absolute Gasteiger partial charge is 0.321 e. The van der Waals surface area contributed by atoms with E-state index < -0.39 is 27.2 Å². The van der Waals surface area contributed by atoms with Crippen molar-refractivity contribution in [1.29, 1.82) is 0 Å². The predicted octanol–water partition coefficient (Wildman–Crippen LogP) is -0.0227. The van der Waals surface area contributed by atoms with Gasteiger partial charge in [0.15, 0.2) is 9.84 Å². The fraction of sp³-hybridized carbons (Fsp3) is 0.909. The standard InChI is InChI=1S/C11H23NO5S/c1-11(2,3)17-10(13)8-18(14,15)7-9(12-4)6-16-5/h9,12H,6-8H2,1-5H3. The van der Waals surface area contributed by atoms with E-state index in [4.69, 9.17) is 9.47 Å². The SMILES string of the molecule is CNC(COC)CS(=O)(=O)CC(=O)OC(C)(C)C. The Morgan fingerprint density at radius 1 is 1.33 bits per heavy atom. The molecule has 0 aromatic carbocycles. The molecule has 0 aromatic rings. The molecule has 0 bridgehead atoms. The molecule has 7 heteroatoms. The van der Waals surface area contributed by atoms with Crippen molar-refractivity contribution in [3.8, 4) is 0 Å². The molecule has 108 valence electrons. The fourth-order valence-electron chi connectivity index (χ4n) is 1.33. The van der Waals surface area contributed by atoms with Crippen molar-refractivity contribution >= 4 is 15.8 Å². The van der Waals surface area contributed by atoms with Crippen LogP contribution < -0.4 is 5.32 Å². The van der Waals surface area contributed by atoms with Crippen LogP contribution in [0.4, 0.5) is 0 Å². The van der Waals surface area contributed by atoms with Crippen LogP contribution in [0.3, 0.4) is 0 Å². The number of likely N-dealkylation sites (N-methyl/N-ethyl adjacent to an activating group) is 1. The predicted molar refractivity (Wildman–Crippen MR) is 69.2 cm³/mol. The van der Waals surface area contributed by atoms with Crippen molar-refractivity contribution in [2.75, 3.05) is 32.3 Å². The lowest BCUT2D eigenvalue weighted by molar-refractivity contribution is -0.151. The van der Waals surface area contributed by atoms with Crippen LogP contribution in [0.25, 0.3) is 0 Å². The van der Waals surface area contributed by atoms with E-state index in [9.17, 15) is 13.2 Å². The summed E-state index contributed by atoms with van der Waals surface area (Å²) in [6.07, 6.45) is 0. The van der Waals surface area contributed by atoms with Gasteiger partial charge in [-0.15, -0.1) is 0 Å². The number of hydrogen-bond acceptors (Lipinski definition) is 6. The molecular weight excluding hydrogens is 258 g/mol. The molecule has 0 aliphatic heterocycles. The molecule has 0 spiro atoms. The Morgan fingerprint density at radius 2 is 1.89 bits per heavy atom. The van der Waals surface area contributed by atoms with Gasteiger partial charge in [0.25, 0.3) is 0 Å². The van der Waals surface area contributed by atoms with Crippen molar-refractivity contribution in [1.82, 2.24) is 5.32 Å². The molecule has 0 heterocycles. The van der Waals surface area contributed by atoms with E-state index in [0.717, 1.165) is 0 Å². The molecular formula is C11H23NO5S. The highest BCUT2D eigenvalue weighted by Gasteiger charge is 2.25. The van der Waals surface area contributed by atoms with Crippen LogP contribution >= 0.6 is 0 Å². The lowest BCUT2D eigenvalue weighted by atomic mass is 10.2. The number of esters is 1. The minimum atomic E-state index is -3.50. The van der Waals surface area contributed by atoms with Crippen LogP contribution in [0.5, 0.6) is 0 Å². The number of sulfone groups is 1. The molecule has 0 saturated carbocycles. The van der Waals surface area contributed by atoms with Crippen LogP contribution in [-0.4, -0.2) is 58.3 Å². The van der Waals surface area contributed by atoms with Gasteiger partial charge in [-0.1, -0.05) is 0 Å². The zero-order chi connectivity index (χ0) is 14.4. The van der Waals surface area contributed by atoms with E-state index in [-0.39, 0.29) is 18.4 Å². The summed E-state index contributed by atoms with van der Waals surface area (Å²) in [6, 6.07) is -0.331. The van der Waals surface area contributed by atoms with Crippen LogP contribution in [0, 0.1) is 0 Å². The van der Waals surface area contributed by atoms with Crippen LogP contribution in [0.15, 0.2) is 0 Å². The van der Waals surface area contributed by atoms with Crippen LogP contribution in [-0.2, 0) is 24.1 Å². The first kappa shape index (κ1) is 17.3. The van der Waals surface area contributed by atoms with Crippen molar-refractivity contribution in [2.24, 2.45) is 0 Å². The monoisotopic (exact) mass is 281 g/mol. The molecule has 1 atom stereocenters. The first-order chi connectivity index (χ1) is 8.09. The van der Waals surface area contributed by atoms with Crippen molar-refractivity contribution in [3.63, 3.8) is 0 Å². The zero-order valence-corrected chi connectivity index (χ0v) is 12.5. The number of rotatable bonds is 7. The van der Waals surface area contributed by atoms with Gasteiger partial charge < -0.3 is 14.8 Å². The number of ether oxygens (including phenoxy) is 2. The molecule has 0 fully saturated rings. The third-order valence-electron chi connectivity index (χ3n) is 1.99. The number of hydrogen-bond donors (Lipinski definition) is 1. The molecule has 0 rings (SSSR count). The van der Waals surface area contributed by atoms with Gasteiger partial charge in [0.2, 0.25) is 0 Å². The normalized spacial score (nSPS) is 14.3. The van der Waals surface area contributed by atoms with Crippen LogP contribution in [0.1, 0.15) is 20.8 Å². The van der Waals surface area contributed by atoms with Gasteiger partial charge in [-0.2, -0.15) is 0 Å². The average Bonchev–Trinajstić information content (AvgIpc) is 2.12. The maximum Gasteiger partial charge on any atom is 0.321 e. The molecule has 1 unspecified atom stereocenters. The largest absolute Gasteiger partial charge is 0.459 e. The molecule has 0 aliphatic carbocycles. The summed E-state index contributed by atoms with van der Waals surface area (Å²) >= 11 is 0. The van der Waals surface area contributed by atoms with Gasteiger partial charge in [0, 0.05) is 13.2 Å². The first-order valence-corrected chi connectivity index (χ1v) is 7.50. The molecule has 1 N–H and O–H groups in total. The van der Waals surface area contributed by atoms with Gasteiger partial charge in [-0.3, -0.25) is 4.79 Å². The summed E-state index contributed by atoms with van der Waals surface area (Å²) in [7, 11) is -0.367. The van der Waals surface area contributed by atoms with Gasteiger partial charge >= 0.3 is 5.97 Å². The van der Waals surface area contributed by atoms with Gasteiger partial charge in [-0.25, -0.2) is 8.42 Å². The van der Waals surface area contributed by atoms with Gasteiger partial charge in [-0.05, 0) is 27.8 Å². The minimum absolute atomic E-state index is 0.156. The number of carbonyl (C=O) groups is 1. The Bertz CT molecular complexity index is 358. The molecule has 18 heavy (non-hydrogen) atoms. The van der Waals surface area contributed by atoms with E-state index >= 15 is 0 Å². The van der Waals surface area contributed by atoms with E-state index in [0.29, 0.717) is 0 Å². The third kappa shape index (κ3) is 8.43. The van der Waals surface area contributed by atoms with Crippen molar-refractivity contribution < 1.29 is 22.7 Å². The Hall–Kier alpha value is -0.660. The Morgan fingerprint density at radius 3 is 2.28 bits per heavy atom. The van der Waals surface area contributed by atoms with Crippen molar-refractivity contribution in [3.05, 3.63) is 0 Å².